The van der Waals surface area contributed by atoms with Gasteiger partial charge in [0.2, 0.25) is 5.91 Å². The van der Waals surface area contributed by atoms with Crippen molar-refractivity contribution in [3.63, 3.8) is 0 Å². The lowest BCUT2D eigenvalue weighted by molar-refractivity contribution is -0.145. The molecule has 0 spiro atoms. The molecule has 2 rings (SSSR count). The highest BCUT2D eigenvalue weighted by molar-refractivity contribution is 5.90. The highest BCUT2D eigenvalue weighted by atomic mass is 16.5. The van der Waals surface area contributed by atoms with Crippen molar-refractivity contribution in [3.05, 3.63) is 42.0 Å². The van der Waals surface area contributed by atoms with Crippen molar-refractivity contribution in [2.75, 3.05) is 14.2 Å². The van der Waals surface area contributed by atoms with Crippen LogP contribution in [0.15, 0.2) is 36.4 Å². The average Bonchev–Trinajstić information content (AvgIpc) is 2.64. The van der Waals surface area contributed by atoms with Gasteiger partial charge in [0.05, 0.1) is 20.1 Å². The van der Waals surface area contributed by atoms with E-state index in [0.717, 1.165) is 22.1 Å². The van der Waals surface area contributed by atoms with Crippen LogP contribution in [-0.2, 0) is 14.3 Å². The van der Waals surface area contributed by atoms with E-state index in [2.05, 4.69) is 5.32 Å². The summed E-state index contributed by atoms with van der Waals surface area (Å²) in [5.41, 5.74) is 0.897. The number of hydrogen-bond donors (Lipinski definition) is 1. The third kappa shape index (κ3) is 4.75. The molecular weight excluding hydrogens is 330 g/mol. The van der Waals surface area contributed by atoms with Crippen LogP contribution in [0.2, 0.25) is 0 Å². The first-order chi connectivity index (χ1) is 12.3. The van der Waals surface area contributed by atoms with E-state index in [9.17, 15) is 9.59 Å². The highest BCUT2D eigenvalue weighted by Crippen LogP contribution is 2.25. The maximum atomic E-state index is 12.7. The normalized spacial score (nSPS) is 13.3. The smallest absolute Gasteiger partial charge is 0.328 e. The zero-order chi connectivity index (χ0) is 19.3. The topological polar surface area (TPSA) is 64.6 Å². The Morgan fingerprint density at radius 2 is 1.65 bits per heavy atom. The molecule has 26 heavy (non-hydrogen) atoms. The lowest BCUT2D eigenvalue weighted by atomic mass is 9.96. The molecule has 2 atom stereocenters. The van der Waals surface area contributed by atoms with Gasteiger partial charge in [-0.25, -0.2) is 4.79 Å². The van der Waals surface area contributed by atoms with Crippen molar-refractivity contribution in [2.24, 2.45) is 5.92 Å². The Balaban J connectivity index is 2.18. The van der Waals surface area contributed by atoms with Crippen LogP contribution < -0.4 is 10.1 Å². The van der Waals surface area contributed by atoms with Gasteiger partial charge >= 0.3 is 5.97 Å². The average molecular weight is 357 g/mol. The number of ether oxygens (including phenoxy) is 2. The Kier molecular flexibility index (Phi) is 6.61. The minimum Gasteiger partial charge on any atom is -0.497 e. The number of rotatable bonds is 7. The van der Waals surface area contributed by atoms with Crippen LogP contribution in [0.5, 0.6) is 5.75 Å². The minimum absolute atomic E-state index is 0.186. The summed E-state index contributed by atoms with van der Waals surface area (Å²) in [6, 6.07) is 11.1. The molecule has 0 aromatic heterocycles. The quantitative estimate of drug-likeness (QED) is 0.768. The van der Waals surface area contributed by atoms with E-state index in [-0.39, 0.29) is 17.7 Å². The molecule has 0 aliphatic carbocycles. The summed E-state index contributed by atoms with van der Waals surface area (Å²) >= 11 is 0. The second-order valence-electron chi connectivity index (χ2n) is 6.91. The van der Waals surface area contributed by atoms with Crippen molar-refractivity contribution in [3.8, 4) is 5.75 Å². The van der Waals surface area contributed by atoms with Crippen LogP contribution in [0.25, 0.3) is 10.8 Å². The molecule has 0 fully saturated rings. The minimum atomic E-state index is -0.625. The number of fused-ring (bicyclic) bond motifs is 1. The fourth-order valence-electron chi connectivity index (χ4n) is 2.91. The largest absolute Gasteiger partial charge is 0.497 e. The predicted molar refractivity (Wildman–Crippen MR) is 102 cm³/mol. The monoisotopic (exact) mass is 357 g/mol. The molecule has 0 unspecified atom stereocenters. The Morgan fingerprint density at radius 1 is 1.00 bits per heavy atom. The van der Waals surface area contributed by atoms with Crippen molar-refractivity contribution in [1.82, 2.24) is 5.32 Å². The van der Waals surface area contributed by atoms with E-state index < -0.39 is 12.0 Å². The Labute approximate surface area is 154 Å². The maximum absolute atomic E-state index is 12.7. The SMILES string of the molecule is COC(=O)[C@H](CC(C)C)NC(=O)[C@@H](C)c1ccc2cc(OC)ccc2c1. The van der Waals surface area contributed by atoms with E-state index in [1.54, 1.807) is 7.11 Å². The molecule has 0 bridgehead atoms. The summed E-state index contributed by atoms with van der Waals surface area (Å²) in [6.45, 7) is 5.84. The number of hydrogen-bond acceptors (Lipinski definition) is 4. The molecule has 140 valence electrons. The highest BCUT2D eigenvalue weighted by Gasteiger charge is 2.25. The first-order valence-corrected chi connectivity index (χ1v) is 8.81. The number of carbonyl (C=O) groups is 2. The number of carbonyl (C=O) groups excluding carboxylic acids is 2. The molecule has 1 amide bonds. The molecule has 0 aliphatic heterocycles. The zero-order valence-electron chi connectivity index (χ0n) is 16.0. The number of amides is 1. The number of esters is 1. The van der Waals surface area contributed by atoms with Crippen LogP contribution in [0.1, 0.15) is 38.7 Å². The first kappa shape index (κ1) is 19.8. The molecule has 5 heteroatoms. The van der Waals surface area contributed by atoms with E-state index in [0.29, 0.717) is 6.42 Å². The summed E-state index contributed by atoms with van der Waals surface area (Å²) < 4.78 is 10.1. The molecule has 2 aromatic rings. The summed E-state index contributed by atoms with van der Waals surface area (Å²) in [5.74, 6) is 0.0931. The molecule has 1 N–H and O–H groups in total. The van der Waals surface area contributed by atoms with Gasteiger partial charge in [-0.15, -0.1) is 0 Å². The molecule has 5 nitrogen and oxygen atoms in total. The van der Waals surface area contributed by atoms with Crippen LogP contribution in [0.4, 0.5) is 0 Å². The fraction of sp³-hybridized carbons (Fsp3) is 0.429. The second kappa shape index (κ2) is 8.70. The van der Waals surface area contributed by atoms with Gasteiger partial charge in [-0.1, -0.05) is 38.1 Å². The van der Waals surface area contributed by atoms with Crippen LogP contribution in [-0.4, -0.2) is 32.1 Å². The van der Waals surface area contributed by atoms with Crippen LogP contribution in [0.3, 0.4) is 0 Å². The maximum Gasteiger partial charge on any atom is 0.328 e. The molecule has 2 aromatic carbocycles. The van der Waals surface area contributed by atoms with Crippen molar-refractivity contribution in [1.29, 1.82) is 0 Å². The summed E-state index contributed by atoms with van der Waals surface area (Å²) in [7, 11) is 2.97. The van der Waals surface area contributed by atoms with Crippen LogP contribution in [0, 0.1) is 5.92 Å². The Hall–Kier alpha value is -2.56. The predicted octanol–water partition coefficient (Wildman–Crippen LogP) is 3.66. The third-order valence-corrected chi connectivity index (χ3v) is 4.47. The van der Waals surface area contributed by atoms with Crippen molar-refractivity contribution in [2.45, 2.75) is 39.2 Å². The van der Waals surface area contributed by atoms with Crippen molar-refractivity contribution < 1.29 is 19.1 Å². The molecule has 0 heterocycles. The summed E-state index contributed by atoms with van der Waals surface area (Å²) in [6.07, 6.45) is 0.544. The zero-order valence-corrected chi connectivity index (χ0v) is 16.0. The summed E-state index contributed by atoms with van der Waals surface area (Å²) in [4.78, 5) is 24.6. The van der Waals surface area contributed by atoms with E-state index in [4.69, 9.17) is 9.47 Å². The summed E-state index contributed by atoms with van der Waals surface area (Å²) in [5, 5.41) is 4.92. The van der Waals surface area contributed by atoms with E-state index in [1.165, 1.54) is 7.11 Å². The third-order valence-electron chi connectivity index (χ3n) is 4.47. The van der Waals surface area contributed by atoms with Crippen LogP contribution >= 0.6 is 0 Å². The van der Waals surface area contributed by atoms with E-state index in [1.807, 2.05) is 57.2 Å². The number of methoxy groups -OCH3 is 2. The molecule has 0 aliphatic rings. The van der Waals surface area contributed by atoms with Gasteiger partial charge in [0.1, 0.15) is 11.8 Å². The molecule has 0 saturated heterocycles. The molecule has 0 saturated carbocycles. The Bertz CT molecular complexity index is 785. The van der Waals surface area contributed by atoms with Gasteiger partial charge in [-0.2, -0.15) is 0 Å². The second-order valence-corrected chi connectivity index (χ2v) is 6.91. The fourth-order valence-corrected chi connectivity index (χ4v) is 2.91. The van der Waals surface area contributed by atoms with Gasteiger partial charge in [0, 0.05) is 0 Å². The lowest BCUT2D eigenvalue weighted by Gasteiger charge is -2.21. The van der Waals surface area contributed by atoms with Gasteiger partial charge < -0.3 is 14.8 Å². The van der Waals surface area contributed by atoms with Gasteiger partial charge in [-0.3, -0.25) is 4.79 Å². The first-order valence-electron chi connectivity index (χ1n) is 8.81. The van der Waals surface area contributed by atoms with Gasteiger partial charge in [0.25, 0.3) is 0 Å². The van der Waals surface area contributed by atoms with Crippen molar-refractivity contribution >= 4 is 22.6 Å². The Morgan fingerprint density at radius 3 is 2.27 bits per heavy atom. The molecular formula is C21H27NO4. The van der Waals surface area contributed by atoms with E-state index >= 15 is 0 Å². The van der Waals surface area contributed by atoms with Gasteiger partial charge in [-0.05, 0) is 47.7 Å². The molecule has 0 radical (unpaired) electrons. The number of benzene rings is 2. The lowest BCUT2D eigenvalue weighted by Crippen LogP contribution is -2.44. The number of nitrogens with one attached hydrogen (secondary N) is 1. The standard InChI is InChI=1S/C21H27NO4/c1-13(2)10-19(21(24)26-5)22-20(23)14(3)15-6-7-17-12-18(25-4)9-8-16(17)11-15/h6-9,11-14,19H,10H2,1-5H3,(H,22,23)/t14-,19-/m0/s1. The van der Waals surface area contributed by atoms with Gasteiger partial charge in [0.15, 0.2) is 0 Å².